The highest BCUT2D eigenvalue weighted by Crippen LogP contribution is 2.11. The molecule has 0 saturated heterocycles. The highest BCUT2D eigenvalue weighted by atomic mass is 16.4. The van der Waals surface area contributed by atoms with Crippen molar-refractivity contribution in [2.75, 3.05) is 0 Å². The van der Waals surface area contributed by atoms with Crippen LogP contribution in [-0.2, 0) is 9.59 Å². The first kappa shape index (κ1) is 13.9. The Kier molecular flexibility index (Phi) is 5.33. The number of carboxylic acid groups (broad SMARTS) is 1. The summed E-state index contributed by atoms with van der Waals surface area (Å²) in [6, 6.07) is 0. The third kappa shape index (κ3) is 6.94. The van der Waals surface area contributed by atoms with E-state index >= 15 is 0 Å². The molecule has 4 nitrogen and oxygen atoms in total. The molecule has 0 radical (unpaired) electrons. The summed E-state index contributed by atoms with van der Waals surface area (Å²) < 4.78 is 0. The van der Waals surface area contributed by atoms with E-state index in [1.54, 1.807) is 0 Å². The molecule has 15 heavy (non-hydrogen) atoms. The molecule has 0 aliphatic rings. The van der Waals surface area contributed by atoms with Crippen molar-refractivity contribution < 1.29 is 14.7 Å². The van der Waals surface area contributed by atoms with Gasteiger partial charge in [0.05, 0.1) is 5.92 Å². The quantitative estimate of drug-likeness (QED) is 0.734. The van der Waals surface area contributed by atoms with Crippen LogP contribution in [0.3, 0.4) is 0 Å². The van der Waals surface area contributed by atoms with Crippen LogP contribution >= 0.6 is 0 Å². The standard InChI is InChI=1S/C11H21NO3/c1-5-8(10(14)15)6-7-9(13)12-11(2,3)4/h8H,5-7H2,1-4H3,(H,12,13)(H,14,15). The molecule has 0 aromatic rings. The average molecular weight is 215 g/mol. The molecule has 0 aromatic heterocycles. The topological polar surface area (TPSA) is 66.4 Å². The van der Waals surface area contributed by atoms with E-state index in [0.717, 1.165) is 0 Å². The minimum absolute atomic E-state index is 0.0813. The number of hydrogen-bond donors (Lipinski definition) is 2. The van der Waals surface area contributed by atoms with Crippen molar-refractivity contribution in [3.63, 3.8) is 0 Å². The van der Waals surface area contributed by atoms with Crippen molar-refractivity contribution in [3.8, 4) is 0 Å². The van der Waals surface area contributed by atoms with E-state index in [4.69, 9.17) is 5.11 Å². The molecule has 0 spiro atoms. The average Bonchev–Trinajstić information content (AvgIpc) is 2.01. The Labute approximate surface area is 91.1 Å². The highest BCUT2D eigenvalue weighted by Gasteiger charge is 2.18. The first-order chi connectivity index (χ1) is 6.76. The van der Waals surface area contributed by atoms with Gasteiger partial charge in [-0.1, -0.05) is 6.92 Å². The van der Waals surface area contributed by atoms with E-state index < -0.39 is 11.9 Å². The van der Waals surface area contributed by atoms with Crippen LogP contribution in [0.2, 0.25) is 0 Å². The van der Waals surface area contributed by atoms with Gasteiger partial charge >= 0.3 is 5.97 Å². The minimum atomic E-state index is -0.818. The Morgan fingerprint density at radius 3 is 2.20 bits per heavy atom. The molecule has 0 rings (SSSR count). The second-order valence-corrected chi connectivity index (χ2v) is 4.78. The van der Waals surface area contributed by atoms with Crippen molar-refractivity contribution in [3.05, 3.63) is 0 Å². The molecule has 0 aromatic carbocycles. The summed E-state index contributed by atoms with van der Waals surface area (Å²) in [5.41, 5.74) is -0.248. The number of hydrogen-bond acceptors (Lipinski definition) is 2. The maximum atomic E-state index is 11.4. The zero-order chi connectivity index (χ0) is 12.1. The number of carboxylic acids is 1. The summed E-state index contributed by atoms with van der Waals surface area (Å²) in [5.74, 6) is -1.31. The largest absolute Gasteiger partial charge is 0.481 e. The summed E-state index contributed by atoms with van der Waals surface area (Å²) in [7, 11) is 0. The van der Waals surface area contributed by atoms with Crippen LogP contribution in [0.4, 0.5) is 0 Å². The minimum Gasteiger partial charge on any atom is -0.481 e. The van der Waals surface area contributed by atoms with Crippen molar-refractivity contribution in [2.45, 2.75) is 52.5 Å². The second-order valence-electron chi connectivity index (χ2n) is 4.78. The van der Waals surface area contributed by atoms with E-state index in [1.165, 1.54) is 0 Å². The molecule has 0 heterocycles. The van der Waals surface area contributed by atoms with Crippen LogP contribution in [-0.4, -0.2) is 22.5 Å². The van der Waals surface area contributed by atoms with Crippen LogP contribution < -0.4 is 5.32 Å². The summed E-state index contributed by atoms with van der Waals surface area (Å²) in [5, 5.41) is 11.6. The van der Waals surface area contributed by atoms with E-state index in [-0.39, 0.29) is 17.9 Å². The summed E-state index contributed by atoms with van der Waals surface area (Å²) in [6.07, 6.45) is 1.26. The zero-order valence-corrected chi connectivity index (χ0v) is 9.96. The number of carbonyl (C=O) groups excluding carboxylic acids is 1. The lowest BCUT2D eigenvalue weighted by Crippen LogP contribution is -2.40. The Hall–Kier alpha value is -1.06. The van der Waals surface area contributed by atoms with Crippen LogP contribution in [0.1, 0.15) is 47.0 Å². The molecule has 0 bridgehead atoms. The fourth-order valence-corrected chi connectivity index (χ4v) is 1.29. The lowest BCUT2D eigenvalue weighted by Gasteiger charge is -2.20. The van der Waals surface area contributed by atoms with Gasteiger partial charge in [0, 0.05) is 12.0 Å². The van der Waals surface area contributed by atoms with Gasteiger partial charge in [-0.15, -0.1) is 0 Å². The molecule has 1 amide bonds. The molecule has 0 aliphatic heterocycles. The van der Waals surface area contributed by atoms with Crippen LogP contribution in [0, 0.1) is 5.92 Å². The molecule has 88 valence electrons. The summed E-state index contributed by atoms with van der Waals surface area (Å²) in [6.45, 7) is 7.53. The number of aliphatic carboxylic acids is 1. The lowest BCUT2D eigenvalue weighted by atomic mass is 10.00. The van der Waals surface area contributed by atoms with Crippen molar-refractivity contribution in [1.29, 1.82) is 0 Å². The molecule has 1 atom stereocenters. The van der Waals surface area contributed by atoms with Crippen LogP contribution in [0.25, 0.3) is 0 Å². The fourth-order valence-electron chi connectivity index (χ4n) is 1.29. The van der Waals surface area contributed by atoms with Crippen LogP contribution in [0.15, 0.2) is 0 Å². The van der Waals surface area contributed by atoms with Crippen molar-refractivity contribution >= 4 is 11.9 Å². The Morgan fingerprint density at radius 2 is 1.87 bits per heavy atom. The predicted octanol–water partition coefficient (Wildman–Crippen LogP) is 1.79. The highest BCUT2D eigenvalue weighted by molar-refractivity contribution is 5.77. The normalized spacial score (nSPS) is 13.3. The van der Waals surface area contributed by atoms with E-state index in [1.807, 2.05) is 27.7 Å². The van der Waals surface area contributed by atoms with Gasteiger partial charge in [-0.3, -0.25) is 9.59 Å². The molecule has 4 heteroatoms. The molecule has 0 saturated carbocycles. The maximum Gasteiger partial charge on any atom is 0.306 e. The van der Waals surface area contributed by atoms with E-state index in [9.17, 15) is 9.59 Å². The maximum absolute atomic E-state index is 11.4. The van der Waals surface area contributed by atoms with Gasteiger partial charge in [0.2, 0.25) is 5.91 Å². The number of carbonyl (C=O) groups is 2. The van der Waals surface area contributed by atoms with Gasteiger partial charge in [0.15, 0.2) is 0 Å². The molecular weight excluding hydrogens is 194 g/mol. The smallest absolute Gasteiger partial charge is 0.306 e. The van der Waals surface area contributed by atoms with Gasteiger partial charge in [-0.2, -0.15) is 0 Å². The third-order valence-corrected chi connectivity index (χ3v) is 2.08. The van der Waals surface area contributed by atoms with E-state index in [2.05, 4.69) is 5.32 Å². The first-order valence-corrected chi connectivity index (χ1v) is 5.30. The predicted molar refractivity (Wildman–Crippen MR) is 58.5 cm³/mol. The Morgan fingerprint density at radius 1 is 1.33 bits per heavy atom. The number of nitrogens with one attached hydrogen (secondary N) is 1. The molecule has 2 N–H and O–H groups in total. The monoisotopic (exact) mass is 215 g/mol. The zero-order valence-electron chi connectivity index (χ0n) is 9.96. The molecule has 1 unspecified atom stereocenters. The fraction of sp³-hybridized carbons (Fsp3) is 0.818. The third-order valence-electron chi connectivity index (χ3n) is 2.08. The Balaban J connectivity index is 3.94. The summed E-state index contributed by atoms with van der Waals surface area (Å²) >= 11 is 0. The Bertz CT molecular complexity index is 230. The van der Waals surface area contributed by atoms with E-state index in [0.29, 0.717) is 12.8 Å². The van der Waals surface area contributed by atoms with Gasteiger partial charge < -0.3 is 10.4 Å². The van der Waals surface area contributed by atoms with Gasteiger partial charge in [-0.25, -0.2) is 0 Å². The van der Waals surface area contributed by atoms with Gasteiger partial charge in [0.1, 0.15) is 0 Å². The van der Waals surface area contributed by atoms with Crippen molar-refractivity contribution in [2.24, 2.45) is 5.92 Å². The summed E-state index contributed by atoms with van der Waals surface area (Å²) in [4.78, 5) is 22.1. The molecule has 0 fully saturated rings. The molecular formula is C11H21NO3. The lowest BCUT2D eigenvalue weighted by molar-refractivity contribution is -0.142. The number of amides is 1. The number of rotatable bonds is 5. The SMILES string of the molecule is CCC(CCC(=O)NC(C)(C)C)C(=O)O. The first-order valence-electron chi connectivity index (χ1n) is 5.30. The van der Waals surface area contributed by atoms with Gasteiger partial charge in [0.25, 0.3) is 0 Å². The second kappa shape index (κ2) is 5.73. The van der Waals surface area contributed by atoms with Crippen LogP contribution in [0.5, 0.6) is 0 Å². The molecule has 0 aliphatic carbocycles. The van der Waals surface area contributed by atoms with Crippen molar-refractivity contribution in [1.82, 2.24) is 5.32 Å². The van der Waals surface area contributed by atoms with Gasteiger partial charge in [-0.05, 0) is 33.6 Å².